The lowest BCUT2D eigenvalue weighted by atomic mass is 10.0. The molecule has 0 N–H and O–H groups in total. The lowest BCUT2D eigenvalue weighted by Gasteiger charge is -2.07. The molecule has 2 aromatic rings. The van der Waals surface area contributed by atoms with Gasteiger partial charge < -0.3 is 9.30 Å². The minimum Gasteiger partial charge on any atom is -0.469 e. The number of ether oxygens (including phenoxy) is 1. The number of amides is 1. The summed E-state index contributed by atoms with van der Waals surface area (Å²) >= 11 is 1.48. The fourth-order valence-electron chi connectivity index (χ4n) is 2.28. The molecule has 0 aliphatic heterocycles. The number of thiazole rings is 1. The van der Waals surface area contributed by atoms with E-state index in [2.05, 4.69) is 31.0 Å². The molecule has 0 spiro atoms. The number of hydrogen-bond donors (Lipinski definition) is 0. The molecule has 6 heteroatoms. The minimum atomic E-state index is -0.276. The first-order chi connectivity index (χ1) is 11.3. The normalized spacial score (nSPS) is 12.4. The third kappa shape index (κ3) is 4.12. The molecule has 1 amide bonds. The maximum Gasteiger partial charge on any atom is 0.307 e. The predicted molar refractivity (Wildman–Crippen MR) is 95.9 cm³/mol. The highest BCUT2D eigenvalue weighted by Crippen LogP contribution is 2.24. The summed E-state index contributed by atoms with van der Waals surface area (Å²) in [4.78, 5) is 28.4. The number of hydrogen-bond acceptors (Lipinski definition) is 4. The highest BCUT2D eigenvalue weighted by molar-refractivity contribution is 7.16. The minimum absolute atomic E-state index is 0.155. The van der Waals surface area contributed by atoms with Gasteiger partial charge in [0.2, 0.25) is 0 Å². The van der Waals surface area contributed by atoms with E-state index in [-0.39, 0.29) is 24.2 Å². The first-order valence-electron chi connectivity index (χ1n) is 8.12. The van der Waals surface area contributed by atoms with Gasteiger partial charge in [0.05, 0.1) is 23.7 Å². The standard InChI is InChI=1S/C18H24N2O3S/c1-11(2)13-6-7-14-15(10-13)24-18(19-17(22)12(3)4)20(14)9-8-16(21)23-5/h6-7,10-12H,8-9H2,1-5H3. The van der Waals surface area contributed by atoms with E-state index in [1.165, 1.54) is 24.0 Å². The number of fused-ring (bicyclic) bond motifs is 1. The van der Waals surface area contributed by atoms with E-state index in [1.807, 2.05) is 24.5 Å². The maximum absolute atomic E-state index is 12.0. The predicted octanol–water partition coefficient (Wildman–Crippen LogP) is 3.47. The molecule has 5 nitrogen and oxygen atoms in total. The van der Waals surface area contributed by atoms with Gasteiger partial charge in [-0.3, -0.25) is 9.59 Å². The average molecular weight is 348 g/mol. The molecule has 0 unspecified atom stereocenters. The summed E-state index contributed by atoms with van der Waals surface area (Å²) in [6.07, 6.45) is 0.247. The van der Waals surface area contributed by atoms with E-state index in [0.717, 1.165) is 10.2 Å². The Kier molecular flexibility index (Phi) is 5.94. The summed E-state index contributed by atoms with van der Waals surface area (Å²) in [6.45, 7) is 8.39. The van der Waals surface area contributed by atoms with Crippen LogP contribution in [0.4, 0.5) is 0 Å². The van der Waals surface area contributed by atoms with Gasteiger partial charge in [0.15, 0.2) is 4.80 Å². The van der Waals surface area contributed by atoms with Crippen LogP contribution in [0.15, 0.2) is 23.2 Å². The summed E-state index contributed by atoms with van der Waals surface area (Å²) in [5, 5.41) is 0. The highest BCUT2D eigenvalue weighted by atomic mass is 32.1. The van der Waals surface area contributed by atoms with Crippen LogP contribution in [-0.4, -0.2) is 23.6 Å². The third-order valence-electron chi connectivity index (χ3n) is 3.84. The average Bonchev–Trinajstić information content (AvgIpc) is 2.88. The lowest BCUT2D eigenvalue weighted by molar-refractivity contribution is -0.140. The van der Waals surface area contributed by atoms with Crippen molar-refractivity contribution in [3.05, 3.63) is 28.6 Å². The largest absolute Gasteiger partial charge is 0.469 e. The summed E-state index contributed by atoms with van der Waals surface area (Å²) < 4.78 is 7.73. The van der Waals surface area contributed by atoms with Crippen LogP contribution >= 0.6 is 11.3 Å². The third-order valence-corrected chi connectivity index (χ3v) is 4.88. The van der Waals surface area contributed by atoms with Gasteiger partial charge in [0.25, 0.3) is 5.91 Å². The van der Waals surface area contributed by atoms with Crippen molar-refractivity contribution in [3.8, 4) is 0 Å². The smallest absolute Gasteiger partial charge is 0.307 e. The van der Waals surface area contributed by atoms with Crippen LogP contribution in [0.1, 0.15) is 45.6 Å². The molecule has 0 aliphatic rings. The second-order valence-electron chi connectivity index (χ2n) is 6.35. The molecule has 0 fully saturated rings. The number of aryl methyl sites for hydroxylation is 1. The second-order valence-corrected chi connectivity index (χ2v) is 7.36. The first kappa shape index (κ1) is 18.4. The monoisotopic (exact) mass is 348 g/mol. The molecule has 0 saturated heterocycles. The van der Waals surface area contributed by atoms with Crippen molar-refractivity contribution in [3.63, 3.8) is 0 Å². The molecule has 0 atom stereocenters. The van der Waals surface area contributed by atoms with Crippen LogP contribution in [0.5, 0.6) is 0 Å². The molecule has 24 heavy (non-hydrogen) atoms. The van der Waals surface area contributed by atoms with Crippen molar-refractivity contribution in [1.29, 1.82) is 0 Å². The Balaban J connectivity index is 2.56. The van der Waals surface area contributed by atoms with Gasteiger partial charge in [-0.2, -0.15) is 4.99 Å². The number of nitrogens with zero attached hydrogens (tertiary/aromatic N) is 2. The molecular weight excluding hydrogens is 324 g/mol. The zero-order valence-corrected chi connectivity index (χ0v) is 15.6. The number of benzene rings is 1. The van der Waals surface area contributed by atoms with Gasteiger partial charge in [0.1, 0.15) is 0 Å². The number of aromatic nitrogens is 1. The number of carbonyl (C=O) groups excluding carboxylic acids is 2. The van der Waals surface area contributed by atoms with Gasteiger partial charge in [-0.15, -0.1) is 0 Å². The molecule has 1 aromatic heterocycles. The lowest BCUT2D eigenvalue weighted by Crippen LogP contribution is -2.20. The highest BCUT2D eigenvalue weighted by Gasteiger charge is 2.12. The molecular formula is C18H24N2O3S. The van der Waals surface area contributed by atoms with E-state index in [1.54, 1.807) is 0 Å². The fourth-order valence-corrected chi connectivity index (χ4v) is 3.39. The van der Waals surface area contributed by atoms with Gasteiger partial charge in [-0.25, -0.2) is 0 Å². The van der Waals surface area contributed by atoms with E-state index in [0.29, 0.717) is 17.3 Å². The number of carbonyl (C=O) groups is 2. The van der Waals surface area contributed by atoms with E-state index < -0.39 is 0 Å². The van der Waals surface area contributed by atoms with Crippen LogP contribution in [-0.2, 0) is 20.9 Å². The number of esters is 1. The molecule has 1 heterocycles. The molecule has 0 saturated carbocycles. The van der Waals surface area contributed by atoms with Crippen LogP contribution in [0.25, 0.3) is 10.2 Å². The van der Waals surface area contributed by atoms with E-state index in [4.69, 9.17) is 4.74 Å². The topological polar surface area (TPSA) is 60.7 Å². The molecule has 0 bridgehead atoms. The van der Waals surface area contributed by atoms with Crippen molar-refractivity contribution in [1.82, 2.24) is 4.57 Å². The van der Waals surface area contributed by atoms with Gasteiger partial charge >= 0.3 is 5.97 Å². The van der Waals surface area contributed by atoms with Crippen molar-refractivity contribution >= 4 is 33.4 Å². The molecule has 0 radical (unpaired) electrons. The van der Waals surface area contributed by atoms with Crippen LogP contribution < -0.4 is 4.80 Å². The number of rotatable bonds is 5. The Morgan fingerprint density at radius 2 is 1.96 bits per heavy atom. The fraction of sp³-hybridized carbons (Fsp3) is 0.500. The van der Waals surface area contributed by atoms with Crippen LogP contribution in [0.3, 0.4) is 0 Å². The van der Waals surface area contributed by atoms with Crippen molar-refractivity contribution in [2.45, 2.75) is 46.6 Å². The number of methoxy groups -OCH3 is 1. The Morgan fingerprint density at radius 1 is 1.25 bits per heavy atom. The summed E-state index contributed by atoms with van der Waals surface area (Å²) in [6, 6.07) is 6.26. The molecule has 0 aliphatic carbocycles. The molecule has 1 aromatic carbocycles. The second kappa shape index (κ2) is 7.75. The zero-order valence-electron chi connectivity index (χ0n) is 14.8. The van der Waals surface area contributed by atoms with E-state index in [9.17, 15) is 9.59 Å². The SMILES string of the molecule is COC(=O)CCn1c(=NC(=O)C(C)C)sc2cc(C(C)C)ccc21. The first-order valence-corrected chi connectivity index (χ1v) is 8.93. The molecule has 2 rings (SSSR count). The van der Waals surface area contributed by atoms with Crippen LogP contribution in [0.2, 0.25) is 0 Å². The van der Waals surface area contributed by atoms with Crippen molar-refractivity contribution in [2.75, 3.05) is 7.11 Å². The Morgan fingerprint density at radius 3 is 2.54 bits per heavy atom. The van der Waals surface area contributed by atoms with Crippen molar-refractivity contribution in [2.24, 2.45) is 10.9 Å². The maximum atomic E-state index is 12.0. The Bertz CT molecular complexity index is 815. The Hall–Kier alpha value is -1.95. The summed E-state index contributed by atoms with van der Waals surface area (Å²) in [5.41, 5.74) is 2.23. The quantitative estimate of drug-likeness (QED) is 0.777. The summed E-state index contributed by atoms with van der Waals surface area (Å²) in [7, 11) is 1.38. The van der Waals surface area contributed by atoms with Crippen LogP contribution in [0, 0.1) is 5.92 Å². The van der Waals surface area contributed by atoms with E-state index >= 15 is 0 Å². The summed E-state index contributed by atoms with van der Waals surface area (Å²) in [5.74, 6) is -0.160. The van der Waals surface area contributed by atoms with Crippen molar-refractivity contribution < 1.29 is 14.3 Å². The van der Waals surface area contributed by atoms with Gasteiger partial charge in [-0.05, 0) is 23.6 Å². The zero-order chi connectivity index (χ0) is 17.9. The van der Waals surface area contributed by atoms with Gasteiger partial charge in [0, 0.05) is 12.5 Å². The van der Waals surface area contributed by atoms with Gasteiger partial charge in [-0.1, -0.05) is 45.1 Å². The molecule has 130 valence electrons. The Labute approximate surface area is 146 Å².